The summed E-state index contributed by atoms with van der Waals surface area (Å²) in [4.78, 5) is 23.1. The van der Waals surface area contributed by atoms with Crippen LogP contribution < -0.4 is 10.6 Å². The van der Waals surface area contributed by atoms with Crippen LogP contribution in [0.3, 0.4) is 0 Å². The Morgan fingerprint density at radius 2 is 1.68 bits per heavy atom. The fraction of sp³-hybridized carbons (Fsp3) is 0.222. The fourth-order valence-corrected chi connectivity index (χ4v) is 2.18. The van der Waals surface area contributed by atoms with E-state index in [4.69, 9.17) is 0 Å². The Morgan fingerprint density at radius 3 is 2.32 bits per heavy atom. The second kappa shape index (κ2) is 6.89. The van der Waals surface area contributed by atoms with Gasteiger partial charge in [0.25, 0.3) is 5.91 Å². The van der Waals surface area contributed by atoms with Crippen molar-refractivity contribution in [1.29, 1.82) is 0 Å². The Kier molecular flexibility index (Phi) is 4.94. The summed E-state index contributed by atoms with van der Waals surface area (Å²) in [5, 5.41) is 5.59. The van der Waals surface area contributed by atoms with E-state index >= 15 is 0 Å². The predicted octanol–water partition coefficient (Wildman–Crippen LogP) is 3.19. The number of carbonyl (C=O) groups excluding carboxylic acids is 2. The molecule has 2 aromatic rings. The normalized spacial score (nSPS) is 10.1. The van der Waals surface area contributed by atoms with Gasteiger partial charge in [0.1, 0.15) is 0 Å². The zero-order valence-electron chi connectivity index (χ0n) is 13.1. The van der Waals surface area contributed by atoms with Gasteiger partial charge >= 0.3 is 0 Å². The van der Waals surface area contributed by atoms with Gasteiger partial charge in [-0.25, -0.2) is 0 Å². The summed E-state index contributed by atoms with van der Waals surface area (Å²) in [5.41, 5.74) is 4.70. The van der Waals surface area contributed by atoms with E-state index in [1.807, 2.05) is 13.8 Å². The summed E-state index contributed by atoms with van der Waals surface area (Å²) in [6.07, 6.45) is 0. The van der Waals surface area contributed by atoms with Crippen LogP contribution in [0.5, 0.6) is 0 Å². The molecule has 4 heteroatoms. The SMILES string of the molecule is CC(=O)Nc1ccc(C(=O)NCc2cc(C)ccc2C)cc1. The first kappa shape index (κ1) is 15.8. The predicted molar refractivity (Wildman–Crippen MR) is 87.8 cm³/mol. The lowest BCUT2D eigenvalue weighted by Crippen LogP contribution is -2.23. The minimum Gasteiger partial charge on any atom is -0.348 e. The Labute approximate surface area is 130 Å². The van der Waals surface area contributed by atoms with Gasteiger partial charge in [-0.2, -0.15) is 0 Å². The molecule has 0 bridgehead atoms. The first-order valence-electron chi connectivity index (χ1n) is 7.17. The molecule has 0 aliphatic rings. The van der Waals surface area contributed by atoms with Crippen LogP contribution in [0.2, 0.25) is 0 Å². The lowest BCUT2D eigenvalue weighted by atomic mass is 10.1. The number of amides is 2. The van der Waals surface area contributed by atoms with Gasteiger partial charge in [-0.3, -0.25) is 9.59 Å². The number of hydrogen-bond acceptors (Lipinski definition) is 2. The molecule has 0 aromatic heterocycles. The highest BCUT2D eigenvalue weighted by Crippen LogP contribution is 2.12. The zero-order chi connectivity index (χ0) is 16.1. The lowest BCUT2D eigenvalue weighted by Gasteiger charge is -2.09. The van der Waals surface area contributed by atoms with Gasteiger partial charge in [0.15, 0.2) is 0 Å². The minimum absolute atomic E-state index is 0.129. The summed E-state index contributed by atoms with van der Waals surface area (Å²) < 4.78 is 0. The Morgan fingerprint density at radius 1 is 1.00 bits per heavy atom. The first-order chi connectivity index (χ1) is 10.5. The van der Waals surface area contributed by atoms with Crippen LogP contribution in [0, 0.1) is 13.8 Å². The molecule has 0 aliphatic carbocycles. The summed E-state index contributed by atoms with van der Waals surface area (Å²) in [7, 11) is 0. The van der Waals surface area contributed by atoms with Crippen LogP contribution in [0.4, 0.5) is 5.69 Å². The molecule has 2 aromatic carbocycles. The van der Waals surface area contributed by atoms with Crippen molar-refractivity contribution in [3.8, 4) is 0 Å². The van der Waals surface area contributed by atoms with Crippen molar-refractivity contribution in [3.05, 3.63) is 64.7 Å². The quantitative estimate of drug-likeness (QED) is 0.910. The van der Waals surface area contributed by atoms with Crippen molar-refractivity contribution in [2.24, 2.45) is 0 Å². The first-order valence-corrected chi connectivity index (χ1v) is 7.17. The molecule has 2 N–H and O–H groups in total. The number of rotatable bonds is 4. The molecule has 0 fully saturated rings. The van der Waals surface area contributed by atoms with Gasteiger partial charge in [0.2, 0.25) is 5.91 Å². The maximum Gasteiger partial charge on any atom is 0.251 e. The standard InChI is InChI=1S/C18H20N2O2/c1-12-4-5-13(2)16(10-12)11-19-18(22)15-6-8-17(9-7-15)20-14(3)21/h4-10H,11H2,1-3H3,(H,19,22)(H,20,21). The van der Waals surface area contributed by atoms with E-state index in [2.05, 4.69) is 28.8 Å². The molecular weight excluding hydrogens is 276 g/mol. The molecule has 0 spiro atoms. The monoisotopic (exact) mass is 296 g/mol. The Balaban J connectivity index is 2.00. The summed E-state index contributed by atoms with van der Waals surface area (Å²) in [5.74, 6) is -0.262. The van der Waals surface area contributed by atoms with Crippen LogP contribution in [-0.4, -0.2) is 11.8 Å². The molecular formula is C18H20N2O2. The molecule has 0 atom stereocenters. The van der Waals surface area contributed by atoms with E-state index in [0.717, 1.165) is 11.1 Å². The number of benzene rings is 2. The van der Waals surface area contributed by atoms with Crippen molar-refractivity contribution >= 4 is 17.5 Å². The van der Waals surface area contributed by atoms with Gasteiger partial charge in [0, 0.05) is 24.7 Å². The van der Waals surface area contributed by atoms with Crippen molar-refractivity contribution in [2.75, 3.05) is 5.32 Å². The molecule has 4 nitrogen and oxygen atoms in total. The molecule has 2 amide bonds. The highest BCUT2D eigenvalue weighted by atomic mass is 16.2. The van der Waals surface area contributed by atoms with E-state index in [0.29, 0.717) is 17.8 Å². The molecule has 0 heterocycles. The number of anilines is 1. The number of aryl methyl sites for hydroxylation is 2. The van der Waals surface area contributed by atoms with Crippen molar-refractivity contribution in [1.82, 2.24) is 5.32 Å². The van der Waals surface area contributed by atoms with Gasteiger partial charge in [-0.05, 0) is 49.2 Å². The topological polar surface area (TPSA) is 58.2 Å². The van der Waals surface area contributed by atoms with E-state index in [1.165, 1.54) is 12.5 Å². The Hall–Kier alpha value is -2.62. The van der Waals surface area contributed by atoms with E-state index < -0.39 is 0 Å². The second-order valence-electron chi connectivity index (χ2n) is 5.37. The van der Waals surface area contributed by atoms with Crippen molar-refractivity contribution < 1.29 is 9.59 Å². The van der Waals surface area contributed by atoms with Gasteiger partial charge in [-0.1, -0.05) is 23.8 Å². The van der Waals surface area contributed by atoms with Crippen LogP contribution in [0.25, 0.3) is 0 Å². The van der Waals surface area contributed by atoms with Crippen molar-refractivity contribution in [3.63, 3.8) is 0 Å². The van der Waals surface area contributed by atoms with E-state index in [1.54, 1.807) is 24.3 Å². The minimum atomic E-state index is -0.132. The molecule has 0 radical (unpaired) electrons. The van der Waals surface area contributed by atoms with E-state index in [9.17, 15) is 9.59 Å². The van der Waals surface area contributed by atoms with Crippen LogP contribution >= 0.6 is 0 Å². The zero-order valence-corrected chi connectivity index (χ0v) is 13.1. The maximum absolute atomic E-state index is 12.1. The summed E-state index contributed by atoms with van der Waals surface area (Å²) in [6.45, 7) is 6.01. The van der Waals surface area contributed by atoms with E-state index in [-0.39, 0.29) is 11.8 Å². The van der Waals surface area contributed by atoms with Crippen LogP contribution in [-0.2, 0) is 11.3 Å². The second-order valence-corrected chi connectivity index (χ2v) is 5.37. The molecule has 2 rings (SSSR count). The Bertz CT molecular complexity index is 691. The largest absolute Gasteiger partial charge is 0.348 e. The summed E-state index contributed by atoms with van der Waals surface area (Å²) >= 11 is 0. The average Bonchev–Trinajstić information content (AvgIpc) is 2.48. The molecule has 0 aliphatic heterocycles. The fourth-order valence-electron chi connectivity index (χ4n) is 2.18. The molecule has 0 saturated carbocycles. The number of hydrogen-bond donors (Lipinski definition) is 2. The average molecular weight is 296 g/mol. The highest BCUT2D eigenvalue weighted by Gasteiger charge is 2.07. The third-order valence-electron chi connectivity index (χ3n) is 3.41. The lowest BCUT2D eigenvalue weighted by molar-refractivity contribution is -0.114. The molecule has 114 valence electrons. The van der Waals surface area contributed by atoms with Crippen LogP contribution in [0.15, 0.2) is 42.5 Å². The van der Waals surface area contributed by atoms with Crippen molar-refractivity contribution in [2.45, 2.75) is 27.3 Å². The van der Waals surface area contributed by atoms with Gasteiger partial charge < -0.3 is 10.6 Å². The van der Waals surface area contributed by atoms with Crippen LogP contribution in [0.1, 0.15) is 34.0 Å². The molecule has 0 saturated heterocycles. The number of carbonyl (C=O) groups is 2. The smallest absolute Gasteiger partial charge is 0.251 e. The third-order valence-corrected chi connectivity index (χ3v) is 3.41. The molecule has 22 heavy (non-hydrogen) atoms. The summed E-state index contributed by atoms with van der Waals surface area (Å²) in [6, 6.07) is 13.0. The third kappa shape index (κ3) is 4.19. The highest BCUT2D eigenvalue weighted by molar-refractivity contribution is 5.95. The number of nitrogens with one attached hydrogen (secondary N) is 2. The van der Waals surface area contributed by atoms with Gasteiger partial charge in [0.05, 0.1) is 0 Å². The maximum atomic E-state index is 12.1. The molecule has 0 unspecified atom stereocenters. The van der Waals surface area contributed by atoms with Gasteiger partial charge in [-0.15, -0.1) is 0 Å².